The smallest absolute Gasteiger partial charge is 0.369 e. The third kappa shape index (κ3) is 2.76. The monoisotopic (exact) mass is 363 g/mol. The highest BCUT2D eigenvalue weighted by atomic mass is 35.5. The summed E-state index contributed by atoms with van der Waals surface area (Å²) in [5.74, 6) is 0.778. The molecule has 2 aromatic carbocycles. The van der Waals surface area contributed by atoms with Crippen LogP contribution in [-0.2, 0) is 12.6 Å². The van der Waals surface area contributed by atoms with E-state index in [0.29, 0.717) is 34.9 Å². The fraction of sp³-hybridized carbons (Fsp3) is 0.167. The Morgan fingerprint density at radius 3 is 2.64 bits per heavy atom. The highest BCUT2D eigenvalue weighted by Gasteiger charge is 2.31. The molecule has 3 nitrogen and oxygen atoms in total. The van der Waals surface area contributed by atoms with Gasteiger partial charge < -0.3 is 5.32 Å². The zero-order chi connectivity index (χ0) is 17.6. The molecule has 1 aliphatic rings. The van der Waals surface area contributed by atoms with E-state index in [1.165, 1.54) is 6.07 Å². The molecule has 0 spiro atoms. The Labute approximate surface area is 147 Å². The second-order valence-corrected chi connectivity index (χ2v) is 6.20. The summed E-state index contributed by atoms with van der Waals surface area (Å²) in [5.41, 5.74) is 1.90. The van der Waals surface area contributed by atoms with Gasteiger partial charge >= 0.3 is 6.18 Å². The first-order valence-electron chi connectivity index (χ1n) is 7.73. The molecule has 0 saturated carbocycles. The number of para-hydroxylation sites is 1. The summed E-state index contributed by atoms with van der Waals surface area (Å²) in [4.78, 5) is 0. The summed E-state index contributed by atoms with van der Waals surface area (Å²) >= 11 is 6.26. The number of hydrogen-bond acceptors (Lipinski definition) is 2. The summed E-state index contributed by atoms with van der Waals surface area (Å²) in [5, 5.41) is 8.33. The van der Waals surface area contributed by atoms with E-state index >= 15 is 0 Å². The lowest BCUT2D eigenvalue weighted by Gasteiger charge is -2.09. The van der Waals surface area contributed by atoms with Crippen molar-refractivity contribution in [1.82, 2.24) is 9.78 Å². The van der Waals surface area contributed by atoms with Crippen molar-refractivity contribution in [3.05, 3.63) is 64.7 Å². The lowest BCUT2D eigenvalue weighted by atomic mass is 10.0. The predicted molar refractivity (Wildman–Crippen MR) is 91.2 cm³/mol. The average Bonchev–Trinajstić information content (AvgIpc) is 3.17. The summed E-state index contributed by atoms with van der Waals surface area (Å²) in [6, 6.07) is 12.5. The lowest BCUT2D eigenvalue weighted by Crippen LogP contribution is -2.06. The normalized spacial score (nSPS) is 13.6. The van der Waals surface area contributed by atoms with E-state index < -0.39 is 11.7 Å². The SMILES string of the molecule is FC(F)(F)c1cccc(-c2nn(-c3ccccc3Cl)c3c2CCN3)c1. The Morgan fingerprint density at radius 2 is 1.88 bits per heavy atom. The summed E-state index contributed by atoms with van der Waals surface area (Å²) in [6.07, 6.45) is -3.69. The van der Waals surface area contributed by atoms with Crippen molar-refractivity contribution in [1.29, 1.82) is 0 Å². The van der Waals surface area contributed by atoms with Crippen molar-refractivity contribution in [2.75, 3.05) is 11.9 Å². The number of benzene rings is 2. The molecule has 1 aromatic heterocycles. The Morgan fingerprint density at radius 1 is 1.08 bits per heavy atom. The number of nitrogens with zero attached hydrogens (tertiary/aromatic N) is 2. The molecule has 25 heavy (non-hydrogen) atoms. The highest BCUT2D eigenvalue weighted by molar-refractivity contribution is 6.32. The van der Waals surface area contributed by atoms with Crippen LogP contribution in [0.3, 0.4) is 0 Å². The number of fused-ring (bicyclic) bond motifs is 1. The maximum atomic E-state index is 13.0. The third-order valence-electron chi connectivity index (χ3n) is 4.19. The van der Waals surface area contributed by atoms with Gasteiger partial charge in [-0.05, 0) is 30.7 Å². The summed E-state index contributed by atoms with van der Waals surface area (Å²) in [7, 11) is 0. The van der Waals surface area contributed by atoms with E-state index in [0.717, 1.165) is 23.5 Å². The number of aromatic nitrogens is 2. The molecule has 0 unspecified atom stereocenters. The highest BCUT2D eigenvalue weighted by Crippen LogP contribution is 2.38. The Kier molecular flexibility index (Phi) is 3.72. The van der Waals surface area contributed by atoms with E-state index in [-0.39, 0.29) is 0 Å². The molecule has 7 heteroatoms. The van der Waals surface area contributed by atoms with Crippen molar-refractivity contribution < 1.29 is 13.2 Å². The van der Waals surface area contributed by atoms with Gasteiger partial charge in [-0.1, -0.05) is 35.9 Å². The van der Waals surface area contributed by atoms with E-state index in [9.17, 15) is 13.2 Å². The first-order valence-corrected chi connectivity index (χ1v) is 8.11. The van der Waals surface area contributed by atoms with Crippen LogP contribution in [0.5, 0.6) is 0 Å². The van der Waals surface area contributed by atoms with Crippen LogP contribution in [-0.4, -0.2) is 16.3 Å². The van der Waals surface area contributed by atoms with Gasteiger partial charge in [-0.15, -0.1) is 0 Å². The number of halogens is 4. The summed E-state index contributed by atoms with van der Waals surface area (Å²) in [6.45, 7) is 0.712. The number of nitrogens with one attached hydrogen (secondary N) is 1. The maximum absolute atomic E-state index is 13.0. The zero-order valence-electron chi connectivity index (χ0n) is 12.9. The van der Waals surface area contributed by atoms with Crippen LogP contribution in [0.2, 0.25) is 5.02 Å². The second kappa shape index (κ2) is 5.81. The fourth-order valence-corrected chi connectivity index (χ4v) is 3.26. The van der Waals surface area contributed by atoms with E-state index in [2.05, 4.69) is 10.4 Å². The Bertz CT molecular complexity index is 947. The van der Waals surface area contributed by atoms with Gasteiger partial charge in [0.05, 0.1) is 22.0 Å². The minimum absolute atomic E-state index is 0.445. The molecular formula is C18H13ClF3N3. The van der Waals surface area contributed by atoms with Gasteiger partial charge in [-0.3, -0.25) is 0 Å². The molecule has 0 amide bonds. The molecule has 4 rings (SSSR count). The Balaban J connectivity index is 1.88. The van der Waals surface area contributed by atoms with Crippen LogP contribution >= 0.6 is 11.6 Å². The van der Waals surface area contributed by atoms with Gasteiger partial charge in [0.25, 0.3) is 0 Å². The minimum atomic E-state index is -4.39. The van der Waals surface area contributed by atoms with Gasteiger partial charge in [-0.25, -0.2) is 4.68 Å². The predicted octanol–water partition coefficient (Wildman–Crippen LogP) is 5.18. The van der Waals surface area contributed by atoms with Gasteiger partial charge in [0.2, 0.25) is 0 Å². The first kappa shape index (κ1) is 16.0. The second-order valence-electron chi connectivity index (χ2n) is 5.79. The van der Waals surface area contributed by atoms with Crippen molar-refractivity contribution in [3.63, 3.8) is 0 Å². The molecule has 128 valence electrons. The van der Waals surface area contributed by atoms with E-state index in [1.807, 2.05) is 18.2 Å². The van der Waals surface area contributed by atoms with Gasteiger partial charge in [0.15, 0.2) is 0 Å². The quantitative estimate of drug-likeness (QED) is 0.680. The zero-order valence-corrected chi connectivity index (χ0v) is 13.7. The topological polar surface area (TPSA) is 29.9 Å². The molecule has 1 aliphatic heterocycles. The van der Waals surface area contributed by atoms with Crippen LogP contribution in [0.15, 0.2) is 48.5 Å². The molecule has 2 heterocycles. The average molecular weight is 364 g/mol. The first-order chi connectivity index (χ1) is 11.9. The number of alkyl halides is 3. The van der Waals surface area contributed by atoms with Crippen molar-refractivity contribution >= 4 is 17.4 Å². The lowest BCUT2D eigenvalue weighted by molar-refractivity contribution is -0.137. The molecule has 0 fully saturated rings. The fourth-order valence-electron chi connectivity index (χ4n) is 3.05. The van der Waals surface area contributed by atoms with Crippen LogP contribution in [0.25, 0.3) is 16.9 Å². The molecule has 0 aliphatic carbocycles. The minimum Gasteiger partial charge on any atom is -0.369 e. The molecule has 0 bridgehead atoms. The largest absolute Gasteiger partial charge is 0.416 e. The molecule has 0 radical (unpaired) electrons. The van der Waals surface area contributed by atoms with Crippen LogP contribution < -0.4 is 5.32 Å². The number of anilines is 1. The third-order valence-corrected chi connectivity index (χ3v) is 4.51. The maximum Gasteiger partial charge on any atom is 0.416 e. The summed E-state index contributed by atoms with van der Waals surface area (Å²) < 4.78 is 40.7. The molecule has 3 aromatic rings. The van der Waals surface area contributed by atoms with Gasteiger partial charge in [0, 0.05) is 17.7 Å². The number of rotatable bonds is 2. The van der Waals surface area contributed by atoms with Crippen molar-refractivity contribution in [3.8, 4) is 16.9 Å². The number of hydrogen-bond donors (Lipinski definition) is 1. The van der Waals surface area contributed by atoms with Gasteiger partial charge in [0.1, 0.15) is 5.82 Å². The molecular weight excluding hydrogens is 351 g/mol. The molecule has 1 N–H and O–H groups in total. The van der Waals surface area contributed by atoms with Crippen LogP contribution in [0, 0.1) is 0 Å². The Hall–Kier alpha value is -2.47. The molecule has 0 saturated heterocycles. The van der Waals surface area contributed by atoms with Crippen molar-refractivity contribution in [2.24, 2.45) is 0 Å². The van der Waals surface area contributed by atoms with Crippen molar-refractivity contribution in [2.45, 2.75) is 12.6 Å². The van der Waals surface area contributed by atoms with Crippen LogP contribution in [0.4, 0.5) is 19.0 Å². The van der Waals surface area contributed by atoms with E-state index in [4.69, 9.17) is 11.6 Å². The van der Waals surface area contributed by atoms with E-state index in [1.54, 1.807) is 16.8 Å². The van der Waals surface area contributed by atoms with Crippen LogP contribution in [0.1, 0.15) is 11.1 Å². The molecule has 0 atom stereocenters. The standard InChI is InChI=1S/C18H13ClF3N3/c19-14-6-1-2-7-15(14)25-17-13(8-9-23-17)16(24-25)11-4-3-5-12(10-11)18(20,21)22/h1-7,10,23H,8-9H2. The van der Waals surface area contributed by atoms with Gasteiger partial charge in [-0.2, -0.15) is 18.3 Å².